The molecular formula is C14H26N2O3. The van der Waals surface area contributed by atoms with E-state index in [0.29, 0.717) is 13.2 Å². The van der Waals surface area contributed by atoms with E-state index in [0.717, 1.165) is 19.6 Å². The van der Waals surface area contributed by atoms with E-state index in [1.54, 1.807) is 6.92 Å². The van der Waals surface area contributed by atoms with Crippen LogP contribution in [0.25, 0.3) is 0 Å². The Hall–Kier alpha value is -0.940. The summed E-state index contributed by atoms with van der Waals surface area (Å²) in [7, 11) is 2.11. The third-order valence-corrected chi connectivity index (χ3v) is 3.71. The molecule has 0 aromatic heterocycles. The van der Waals surface area contributed by atoms with E-state index in [1.807, 2.05) is 0 Å². The predicted octanol–water partition coefficient (Wildman–Crippen LogP) is 0.925. The average molecular weight is 270 g/mol. The van der Waals surface area contributed by atoms with Crippen molar-refractivity contribution in [2.75, 3.05) is 39.8 Å². The molecule has 0 aromatic carbocycles. The Balaban J connectivity index is 2.31. The highest BCUT2D eigenvalue weighted by Gasteiger charge is 2.31. The number of rotatable bonds is 6. The minimum absolute atomic E-state index is 0.0969. The van der Waals surface area contributed by atoms with Gasteiger partial charge in [-0.05, 0) is 27.8 Å². The van der Waals surface area contributed by atoms with Gasteiger partial charge in [0, 0.05) is 31.6 Å². The molecule has 0 radical (unpaired) electrons. The van der Waals surface area contributed by atoms with Crippen LogP contribution in [0.4, 0.5) is 0 Å². The molecule has 0 N–H and O–H groups in total. The number of hydrogen-bond donors (Lipinski definition) is 0. The topological polar surface area (TPSA) is 49.9 Å². The van der Waals surface area contributed by atoms with E-state index in [4.69, 9.17) is 4.74 Å². The minimum Gasteiger partial charge on any atom is -0.466 e. The minimum atomic E-state index is -0.283. The lowest BCUT2D eigenvalue weighted by molar-refractivity contribution is -0.144. The molecule has 1 saturated heterocycles. The molecule has 19 heavy (non-hydrogen) atoms. The van der Waals surface area contributed by atoms with E-state index in [9.17, 15) is 9.59 Å². The van der Waals surface area contributed by atoms with Crippen LogP contribution in [-0.2, 0) is 14.3 Å². The van der Waals surface area contributed by atoms with Crippen molar-refractivity contribution < 1.29 is 14.3 Å². The molecule has 0 aliphatic carbocycles. The number of carbonyl (C=O) groups excluding carboxylic acids is 2. The van der Waals surface area contributed by atoms with E-state index in [2.05, 4.69) is 30.7 Å². The van der Waals surface area contributed by atoms with Gasteiger partial charge < -0.3 is 4.74 Å². The molecule has 0 aromatic rings. The smallest absolute Gasteiger partial charge is 0.306 e. The van der Waals surface area contributed by atoms with Gasteiger partial charge in [-0.25, -0.2) is 0 Å². The Morgan fingerprint density at radius 2 is 1.89 bits per heavy atom. The summed E-state index contributed by atoms with van der Waals surface area (Å²) in [5, 5.41) is 0. The summed E-state index contributed by atoms with van der Waals surface area (Å²) in [6.45, 7) is 9.71. The summed E-state index contributed by atoms with van der Waals surface area (Å²) >= 11 is 0. The summed E-state index contributed by atoms with van der Waals surface area (Å²) in [4.78, 5) is 27.5. The lowest BCUT2D eigenvalue weighted by atomic mass is 9.99. The van der Waals surface area contributed by atoms with Gasteiger partial charge in [0.15, 0.2) is 0 Å². The number of piperazine rings is 1. The number of hydrogen-bond acceptors (Lipinski definition) is 5. The van der Waals surface area contributed by atoms with Gasteiger partial charge in [-0.2, -0.15) is 0 Å². The van der Waals surface area contributed by atoms with Gasteiger partial charge in [0.2, 0.25) is 0 Å². The Morgan fingerprint density at radius 3 is 2.47 bits per heavy atom. The van der Waals surface area contributed by atoms with Crippen molar-refractivity contribution in [1.29, 1.82) is 0 Å². The van der Waals surface area contributed by atoms with E-state index in [1.165, 1.54) is 0 Å². The number of ether oxygens (including phenoxy) is 1. The fraction of sp³-hybridized carbons (Fsp3) is 0.857. The van der Waals surface area contributed by atoms with Crippen molar-refractivity contribution in [2.24, 2.45) is 0 Å². The quantitative estimate of drug-likeness (QED) is 0.672. The van der Waals surface area contributed by atoms with Gasteiger partial charge in [-0.1, -0.05) is 0 Å². The summed E-state index contributed by atoms with van der Waals surface area (Å²) in [5.74, 6) is -0.164. The first kappa shape index (κ1) is 16.1. The van der Waals surface area contributed by atoms with Crippen LogP contribution in [0.2, 0.25) is 0 Å². The molecule has 0 unspecified atom stereocenters. The van der Waals surface area contributed by atoms with Gasteiger partial charge in [-0.15, -0.1) is 0 Å². The molecule has 0 spiro atoms. The zero-order chi connectivity index (χ0) is 14.5. The summed E-state index contributed by atoms with van der Waals surface area (Å²) in [6, 6.07) is 0. The lowest BCUT2D eigenvalue weighted by Gasteiger charge is -2.45. The van der Waals surface area contributed by atoms with Crippen molar-refractivity contribution >= 4 is 11.8 Å². The molecule has 1 fully saturated rings. The van der Waals surface area contributed by atoms with Crippen LogP contribution in [0.15, 0.2) is 0 Å². The fourth-order valence-corrected chi connectivity index (χ4v) is 2.28. The Kier molecular flexibility index (Phi) is 5.94. The van der Waals surface area contributed by atoms with Crippen molar-refractivity contribution in [3.63, 3.8) is 0 Å². The molecule has 0 bridgehead atoms. The van der Waals surface area contributed by atoms with E-state index >= 15 is 0 Å². The zero-order valence-electron chi connectivity index (χ0n) is 12.6. The SMILES string of the molecule is CCOC(=O)CCC(=O)CN1CCN(C)C(C)(C)C1. The summed E-state index contributed by atoms with van der Waals surface area (Å²) in [6.07, 6.45) is 0.482. The standard InChI is InChI=1S/C14H26N2O3/c1-5-19-13(18)7-6-12(17)10-16-9-8-15(4)14(2,3)11-16/h5-11H2,1-4H3. The van der Waals surface area contributed by atoms with Gasteiger partial charge in [0.1, 0.15) is 5.78 Å². The molecule has 1 aliphatic rings. The first-order chi connectivity index (χ1) is 8.85. The predicted molar refractivity (Wildman–Crippen MR) is 74.0 cm³/mol. The maximum atomic E-state index is 11.8. The third-order valence-electron chi connectivity index (χ3n) is 3.71. The third kappa shape index (κ3) is 5.28. The van der Waals surface area contributed by atoms with Crippen molar-refractivity contribution in [2.45, 2.75) is 39.2 Å². The zero-order valence-corrected chi connectivity index (χ0v) is 12.6. The van der Waals surface area contributed by atoms with E-state index in [-0.39, 0.29) is 30.1 Å². The maximum Gasteiger partial charge on any atom is 0.306 e. The van der Waals surface area contributed by atoms with Gasteiger partial charge in [-0.3, -0.25) is 19.4 Å². The highest BCUT2D eigenvalue weighted by atomic mass is 16.5. The average Bonchev–Trinajstić information content (AvgIpc) is 2.31. The molecule has 5 nitrogen and oxygen atoms in total. The van der Waals surface area contributed by atoms with Crippen LogP contribution in [0, 0.1) is 0 Å². The number of carbonyl (C=O) groups is 2. The van der Waals surface area contributed by atoms with Crippen molar-refractivity contribution in [1.82, 2.24) is 9.80 Å². The Morgan fingerprint density at radius 1 is 1.21 bits per heavy atom. The Labute approximate surface area is 115 Å². The molecule has 0 amide bonds. The number of likely N-dealkylation sites (N-methyl/N-ethyl adjacent to an activating group) is 1. The monoisotopic (exact) mass is 270 g/mol. The molecule has 1 rings (SSSR count). The van der Waals surface area contributed by atoms with Gasteiger partial charge >= 0.3 is 5.97 Å². The molecule has 5 heteroatoms. The van der Waals surface area contributed by atoms with E-state index < -0.39 is 0 Å². The van der Waals surface area contributed by atoms with Crippen LogP contribution in [0.1, 0.15) is 33.6 Å². The second-order valence-corrected chi connectivity index (χ2v) is 5.79. The van der Waals surface area contributed by atoms with Gasteiger partial charge in [0.25, 0.3) is 0 Å². The summed E-state index contributed by atoms with van der Waals surface area (Å²) in [5.41, 5.74) is 0.0969. The first-order valence-corrected chi connectivity index (χ1v) is 6.96. The molecular weight excluding hydrogens is 244 g/mol. The Bertz CT molecular complexity index is 329. The van der Waals surface area contributed by atoms with Crippen LogP contribution in [-0.4, -0.2) is 66.9 Å². The molecule has 1 aliphatic heterocycles. The highest BCUT2D eigenvalue weighted by molar-refractivity contribution is 5.84. The lowest BCUT2D eigenvalue weighted by Crippen LogP contribution is -2.58. The van der Waals surface area contributed by atoms with Crippen LogP contribution < -0.4 is 0 Å². The summed E-state index contributed by atoms with van der Waals surface area (Å²) < 4.78 is 4.82. The maximum absolute atomic E-state index is 11.8. The largest absolute Gasteiger partial charge is 0.466 e. The highest BCUT2D eigenvalue weighted by Crippen LogP contribution is 2.18. The normalized spacial score (nSPS) is 20.2. The molecule has 1 heterocycles. The molecule has 0 atom stereocenters. The van der Waals surface area contributed by atoms with Gasteiger partial charge in [0.05, 0.1) is 19.6 Å². The number of ketones is 1. The number of esters is 1. The van der Waals surface area contributed by atoms with Crippen molar-refractivity contribution in [3.05, 3.63) is 0 Å². The van der Waals surface area contributed by atoms with Crippen LogP contribution in [0.5, 0.6) is 0 Å². The number of Topliss-reactive ketones (excluding diaryl/α,β-unsaturated/α-hetero) is 1. The molecule has 110 valence electrons. The second kappa shape index (κ2) is 7.01. The number of nitrogens with zero attached hydrogens (tertiary/aromatic N) is 2. The van der Waals surface area contributed by atoms with Crippen LogP contribution in [0.3, 0.4) is 0 Å². The van der Waals surface area contributed by atoms with Crippen molar-refractivity contribution in [3.8, 4) is 0 Å². The fourth-order valence-electron chi connectivity index (χ4n) is 2.28. The first-order valence-electron chi connectivity index (χ1n) is 6.96. The van der Waals surface area contributed by atoms with Crippen LogP contribution >= 0.6 is 0 Å². The second-order valence-electron chi connectivity index (χ2n) is 5.79. The molecule has 0 saturated carbocycles.